The van der Waals surface area contributed by atoms with Gasteiger partial charge in [-0.25, -0.2) is 4.98 Å². The van der Waals surface area contributed by atoms with Crippen molar-refractivity contribution in [1.29, 1.82) is 0 Å². The monoisotopic (exact) mass is 406 g/mol. The van der Waals surface area contributed by atoms with Crippen molar-refractivity contribution in [2.45, 2.75) is 26.2 Å². The van der Waals surface area contributed by atoms with Crippen molar-refractivity contribution in [3.63, 3.8) is 0 Å². The standard InChI is InChI=1S/C23H26N4O3/c1-23(2,3)19-15-21(27(26-19)20-8-6-7-13-24-20)25-22(28)12-10-16-9-11-17(29-4)14-18(16)30-5/h6-15H,1-5H3,(H,25,28)/b12-10+. The minimum atomic E-state index is -0.287. The van der Waals surface area contributed by atoms with Crippen LogP contribution in [0.2, 0.25) is 0 Å². The summed E-state index contributed by atoms with van der Waals surface area (Å²) in [5, 5.41) is 7.55. The van der Waals surface area contributed by atoms with Gasteiger partial charge in [-0.3, -0.25) is 4.79 Å². The largest absolute Gasteiger partial charge is 0.497 e. The van der Waals surface area contributed by atoms with Crippen LogP contribution in [0.1, 0.15) is 32.0 Å². The van der Waals surface area contributed by atoms with Gasteiger partial charge in [0.1, 0.15) is 17.3 Å². The van der Waals surface area contributed by atoms with E-state index < -0.39 is 0 Å². The number of carbonyl (C=O) groups is 1. The van der Waals surface area contributed by atoms with E-state index >= 15 is 0 Å². The third-order valence-electron chi connectivity index (χ3n) is 4.45. The van der Waals surface area contributed by atoms with Crippen molar-refractivity contribution in [2.75, 3.05) is 19.5 Å². The Morgan fingerprint density at radius 1 is 1.10 bits per heavy atom. The lowest BCUT2D eigenvalue weighted by Crippen LogP contribution is -2.14. The summed E-state index contributed by atoms with van der Waals surface area (Å²) < 4.78 is 12.2. The maximum Gasteiger partial charge on any atom is 0.249 e. The third kappa shape index (κ3) is 4.86. The highest BCUT2D eigenvalue weighted by Gasteiger charge is 2.21. The van der Waals surface area contributed by atoms with Crippen LogP contribution in [-0.4, -0.2) is 34.9 Å². The van der Waals surface area contributed by atoms with Crippen LogP contribution in [0, 0.1) is 0 Å². The molecule has 2 heterocycles. The average Bonchev–Trinajstić information content (AvgIpc) is 3.17. The highest BCUT2D eigenvalue weighted by Crippen LogP contribution is 2.27. The first-order chi connectivity index (χ1) is 14.3. The van der Waals surface area contributed by atoms with Gasteiger partial charge in [-0.1, -0.05) is 26.8 Å². The van der Waals surface area contributed by atoms with Gasteiger partial charge in [-0.05, 0) is 30.3 Å². The summed E-state index contributed by atoms with van der Waals surface area (Å²) in [6, 6.07) is 12.8. The second-order valence-electron chi connectivity index (χ2n) is 7.70. The molecule has 1 N–H and O–H groups in total. The lowest BCUT2D eigenvalue weighted by molar-refractivity contribution is -0.111. The summed E-state index contributed by atoms with van der Waals surface area (Å²) in [5.41, 5.74) is 1.44. The number of hydrogen-bond donors (Lipinski definition) is 1. The second kappa shape index (κ2) is 8.82. The predicted octanol–water partition coefficient (Wildman–Crippen LogP) is 4.23. The predicted molar refractivity (Wildman–Crippen MR) is 117 cm³/mol. The molecule has 0 atom stereocenters. The Kier molecular flexibility index (Phi) is 6.20. The smallest absolute Gasteiger partial charge is 0.249 e. The SMILES string of the molecule is COc1ccc(/C=C/C(=O)Nc2cc(C(C)(C)C)nn2-c2ccccn2)c(OC)c1. The first-order valence-corrected chi connectivity index (χ1v) is 9.55. The normalized spacial score (nSPS) is 11.5. The van der Waals surface area contributed by atoms with Gasteiger partial charge < -0.3 is 14.8 Å². The molecule has 3 rings (SSSR count). The second-order valence-corrected chi connectivity index (χ2v) is 7.70. The van der Waals surface area contributed by atoms with Crippen LogP contribution < -0.4 is 14.8 Å². The molecule has 156 valence electrons. The van der Waals surface area contributed by atoms with E-state index in [-0.39, 0.29) is 11.3 Å². The van der Waals surface area contributed by atoms with E-state index in [1.807, 2.05) is 36.4 Å². The summed E-state index contributed by atoms with van der Waals surface area (Å²) in [4.78, 5) is 17.0. The van der Waals surface area contributed by atoms with E-state index in [0.717, 1.165) is 11.3 Å². The zero-order valence-corrected chi connectivity index (χ0v) is 17.8. The Hall–Kier alpha value is -3.61. The molecule has 7 nitrogen and oxygen atoms in total. The Morgan fingerprint density at radius 3 is 2.53 bits per heavy atom. The maximum absolute atomic E-state index is 12.6. The lowest BCUT2D eigenvalue weighted by atomic mass is 9.92. The van der Waals surface area contributed by atoms with Gasteiger partial charge in [0.15, 0.2) is 5.82 Å². The van der Waals surface area contributed by atoms with Crippen LogP contribution >= 0.6 is 0 Å². The number of benzene rings is 1. The van der Waals surface area contributed by atoms with Crippen molar-refractivity contribution in [3.05, 3.63) is 66.0 Å². The number of anilines is 1. The minimum absolute atomic E-state index is 0.175. The quantitative estimate of drug-likeness (QED) is 0.620. The van der Waals surface area contributed by atoms with Crippen LogP contribution in [0.25, 0.3) is 11.9 Å². The fraction of sp³-hybridized carbons (Fsp3) is 0.261. The van der Waals surface area contributed by atoms with Gasteiger partial charge in [0.25, 0.3) is 0 Å². The van der Waals surface area contributed by atoms with E-state index in [1.165, 1.54) is 6.08 Å². The van der Waals surface area contributed by atoms with Gasteiger partial charge in [-0.15, -0.1) is 0 Å². The van der Waals surface area contributed by atoms with Crippen LogP contribution in [0.4, 0.5) is 5.82 Å². The Morgan fingerprint density at radius 2 is 1.90 bits per heavy atom. The van der Waals surface area contributed by atoms with E-state index in [0.29, 0.717) is 23.1 Å². The summed E-state index contributed by atoms with van der Waals surface area (Å²) >= 11 is 0. The number of hydrogen-bond acceptors (Lipinski definition) is 5. The van der Waals surface area contributed by atoms with Crippen molar-refractivity contribution in [3.8, 4) is 17.3 Å². The van der Waals surface area contributed by atoms with Gasteiger partial charge in [0.2, 0.25) is 5.91 Å². The molecular formula is C23H26N4O3. The van der Waals surface area contributed by atoms with Gasteiger partial charge in [0.05, 0.1) is 19.9 Å². The topological polar surface area (TPSA) is 78.3 Å². The van der Waals surface area contributed by atoms with E-state index in [1.54, 1.807) is 37.2 Å². The van der Waals surface area contributed by atoms with Crippen molar-refractivity contribution in [1.82, 2.24) is 14.8 Å². The fourth-order valence-electron chi connectivity index (χ4n) is 2.78. The Bertz CT molecular complexity index is 1050. The number of methoxy groups -OCH3 is 2. The molecular weight excluding hydrogens is 380 g/mol. The summed E-state index contributed by atoms with van der Waals surface area (Å²) in [7, 11) is 3.17. The highest BCUT2D eigenvalue weighted by molar-refractivity contribution is 6.01. The van der Waals surface area contributed by atoms with E-state index in [9.17, 15) is 4.79 Å². The maximum atomic E-state index is 12.6. The van der Waals surface area contributed by atoms with Crippen molar-refractivity contribution in [2.24, 2.45) is 0 Å². The number of aromatic nitrogens is 3. The summed E-state index contributed by atoms with van der Waals surface area (Å²) in [6.45, 7) is 6.21. The minimum Gasteiger partial charge on any atom is -0.497 e. The zero-order chi connectivity index (χ0) is 21.7. The molecule has 0 spiro atoms. The Labute approximate surface area is 176 Å². The van der Waals surface area contributed by atoms with Gasteiger partial charge in [-0.2, -0.15) is 9.78 Å². The highest BCUT2D eigenvalue weighted by atomic mass is 16.5. The number of amides is 1. The molecule has 7 heteroatoms. The molecule has 2 aromatic heterocycles. The number of pyridine rings is 1. The Balaban J connectivity index is 1.86. The number of carbonyl (C=O) groups excluding carboxylic acids is 1. The molecule has 1 aromatic carbocycles. The number of nitrogens with one attached hydrogen (secondary N) is 1. The average molecular weight is 406 g/mol. The zero-order valence-electron chi connectivity index (χ0n) is 17.8. The van der Waals surface area contributed by atoms with Crippen LogP contribution in [0.3, 0.4) is 0 Å². The number of ether oxygens (including phenoxy) is 2. The number of nitrogens with zero attached hydrogens (tertiary/aromatic N) is 3. The molecule has 1 amide bonds. The van der Waals surface area contributed by atoms with Crippen LogP contribution in [0.5, 0.6) is 11.5 Å². The first kappa shape index (κ1) is 21.1. The molecule has 0 radical (unpaired) electrons. The van der Waals surface area contributed by atoms with Crippen LogP contribution in [0.15, 0.2) is 54.7 Å². The van der Waals surface area contributed by atoms with Crippen molar-refractivity contribution < 1.29 is 14.3 Å². The number of rotatable bonds is 6. The molecule has 0 aliphatic heterocycles. The molecule has 0 aliphatic carbocycles. The molecule has 0 bridgehead atoms. The molecule has 3 aromatic rings. The third-order valence-corrected chi connectivity index (χ3v) is 4.45. The first-order valence-electron chi connectivity index (χ1n) is 9.55. The van der Waals surface area contributed by atoms with Gasteiger partial charge >= 0.3 is 0 Å². The molecule has 0 saturated heterocycles. The molecule has 30 heavy (non-hydrogen) atoms. The van der Waals surface area contributed by atoms with Gasteiger partial charge in [0, 0.05) is 35.4 Å². The van der Waals surface area contributed by atoms with Crippen LogP contribution in [-0.2, 0) is 10.2 Å². The molecule has 0 unspecified atom stereocenters. The summed E-state index contributed by atoms with van der Waals surface area (Å²) in [5.74, 6) is 2.19. The fourth-order valence-corrected chi connectivity index (χ4v) is 2.78. The van der Waals surface area contributed by atoms with E-state index in [2.05, 4.69) is 36.2 Å². The molecule has 0 aliphatic rings. The summed E-state index contributed by atoms with van der Waals surface area (Å²) in [6.07, 6.45) is 4.84. The molecule has 0 saturated carbocycles. The van der Waals surface area contributed by atoms with E-state index in [4.69, 9.17) is 9.47 Å². The lowest BCUT2D eigenvalue weighted by Gasteiger charge is -2.13. The van der Waals surface area contributed by atoms with Crippen molar-refractivity contribution >= 4 is 17.8 Å². The molecule has 0 fully saturated rings.